The first kappa shape index (κ1) is 49.0. The Morgan fingerprint density at radius 3 is 1.15 bits per heavy atom. The zero-order chi connectivity index (χ0) is 52.3. The third-order valence-corrected chi connectivity index (χ3v) is 13.1. The lowest BCUT2D eigenvalue weighted by atomic mass is 9.86. The van der Waals surface area contributed by atoms with Crippen LogP contribution in [0.1, 0.15) is 142 Å². The summed E-state index contributed by atoms with van der Waals surface area (Å²) < 4.78 is 23.8. The number of rotatable bonds is 14. The van der Waals surface area contributed by atoms with Crippen LogP contribution in [0.4, 0.5) is 11.4 Å². The van der Waals surface area contributed by atoms with Crippen LogP contribution in [-0.2, 0) is 9.47 Å². The maximum Gasteiger partial charge on any atom is 0.339 e. The van der Waals surface area contributed by atoms with Crippen LogP contribution in [0, 0.1) is 0 Å². The maximum absolute atomic E-state index is 15.1. The zero-order valence-electron chi connectivity index (χ0n) is 42.4. The average Bonchev–Trinajstić information content (AvgIpc) is 4.20. The van der Waals surface area contributed by atoms with Crippen molar-refractivity contribution in [1.82, 2.24) is 0 Å². The molecule has 2 aliphatic carbocycles. The Labute approximate surface area is 429 Å². The summed E-state index contributed by atoms with van der Waals surface area (Å²) in [5.74, 6) is -3.18. The summed E-state index contributed by atoms with van der Waals surface area (Å²) in [4.78, 5) is 89.8. The normalized spacial score (nSPS) is 14.8. The molecule has 12 nitrogen and oxygen atoms in total. The van der Waals surface area contributed by atoms with Crippen LogP contribution in [0.15, 0.2) is 134 Å². The molecule has 372 valence electrons. The van der Waals surface area contributed by atoms with Gasteiger partial charge < -0.3 is 18.9 Å². The van der Waals surface area contributed by atoms with Gasteiger partial charge >= 0.3 is 11.9 Å². The third kappa shape index (κ3) is 8.59. The predicted molar refractivity (Wildman–Crippen MR) is 286 cm³/mol. The Balaban J connectivity index is 1.12. The molecule has 6 aromatic carbocycles. The second-order valence-corrected chi connectivity index (χ2v) is 19.7. The molecular formula is C62H54N2O10. The largest absolute Gasteiger partial charge is 0.490 e. The number of amides is 4. The van der Waals surface area contributed by atoms with E-state index in [1.165, 1.54) is 12.1 Å². The van der Waals surface area contributed by atoms with Gasteiger partial charge in [0.05, 0.1) is 69.2 Å². The molecule has 0 aromatic heterocycles. The summed E-state index contributed by atoms with van der Waals surface area (Å²) >= 11 is 0. The molecular weight excluding hydrogens is 933 g/mol. The van der Waals surface area contributed by atoms with Crippen LogP contribution >= 0.6 is 0 Å². The first-order valence-corrected chi connectivity index (χ1v) is 24.9. The van der Waals surface area contributed by atoms with Gasteiger partial charge in [0.1, 0.15) is 11.5 Å². The summed E-state index contributed by atoms with van der Waals surface area (Å²) in [6.07, 6.45) is 12.0. The fourth-order valence-corrected chi connectivity index (χ4v) is 10.1. The topological polar surface area (TPSA) is 146 Å². The molecule has 0 spiro atoms. The Kier molecular flexibility index (Phi) is 12.8. The lowest BCUT2D eigenvalue weighted by Gasteiger charge is -2.20. The van der Waals surface area contributed by atoms with Crippen LogP contribution in [0.5, 0.6) is 11.5 Å². The number of carbonyl (C=O) groups excluding carboxylic acids is 6. The van der Waals surface area contributed by atoms with Crippen LogP contribution in [0.25, 0.3) is 44.2 Å². The standard InChI is InChI=1S/C62H54N2O10/c1-33(2)71-51-31-39(21-23-41(51)37-15-9-10-16-37)63-57(65)53-47(27-29-49(55(53)59(63)67)61(69)73-35(5)6)45-25-26-46(44-20-14-13-19-43(44)45)48-28-30-50(62(70)74-36(7)8)56-54(48)58(66)64(60(56)68)40-22-24-42(38-17-11-12-18-38)52(32-40)72-34(3)4/h9-15,17,19-36H,16,18H2,1-8H3. The Morgan fingerprint density at radius 2 is 0.797 bits per heavy atom. The number of benzene rings is 6. The van der Waals surface area contributed by atoms with E-state index in [1.54, 1.807) is 76.2 Å². The fraction of sp³-hybridized carbons (Fsp3) is 0.226. The van der Waals surface area contributed by atoms with Crippen molar-refractivity contribution in [1.29, 1.82) is 0 Å². The Hall–Kier alpha value is -8.64. The van der Waals surface area contributed by atoms with Crippen LogP contribution in [0.3, 0.4) is 0 Å². The molecule has 2 heterocycles. The molecule has 0 bridgehead atoms. The van der Waals surface area contributed by atoms with Crippen molar-refractivity contribution in [2.75, 3.05) is 9.80 Å². The summed E-state index contributed by atoms with van der Waals surface area (Å²) in [6.45, 7) is 14.4. The van der Waals surface area contributed by atoms with Gasteiger partial charge in [-0.05, 0) is 149 Å². The SMILES string of the molecule is CC(C)OC(=O)c1ccc(-c2ccc(-c3ccc(C(=O)OC(C)C)c4c3C(=O)N(c3ccc(C5=CC=CC5)c(OC(C)C)c3)C4=O)c3ccccc23)c2c1C(=O)N(c1ccc(C3=CC=CC3)c(OC(C)C)c1)C2=O. The number of hydrogen-bond donors (Lipinski definition) is 0. The number of nitrogens with zero attached hydrogens (tertiary/aromatic N) is 2. The van der Waals surface area contributed by atoms with Gasteiger partial charge in [-0.15, -0.1) is 0 Å². The second kappa shape index (κ2) is 19.4. The number of fused-ring (bicyclic) bond motifs is 3. The molecule has 4 aliphatic rings. The van der Waals surface area contributed by atoms with Crippen molar-refractivity contribution < 1.29 is 47.7 Å². The van der Waals surface area contributed by atoms with Gasteiger partial charge in [-0.3, -0.25) is 19.2 Å². The number of hydrogen-bond acceptors (Lipinski definition) is 10. The van der Waals surface area contributed by atoms with Crippen molar-refractivity contribution >= 4 is 68.9 Å². The van der Waals surface area contributed by atoms with Gasteiger partial charge in [-0.25, -0.2) is 19.4 Å². The predicted octanol–water partition coefficient (Wildman–Crippen LogP) is 13.2. The molecule has 0 fully saturated rings. The number of imide groups is 2. The molecule has 0 N–H and O–H groups in total. The van der Waals surface area contributed by atoms with Gasteiger partial charge in [0.2, 0.25) is 0 Å². The highest BCUT2D eigenvalue weighted by Gasteiger charge is 2.45. The third-order valence-electron chi connectivity index (χ3n) is 13.1. The first-order valence-electron chi connectivity index (χ1n) is 24.9. The lowest BCUT2D eigenvalue weighted by molar-refractivity contribution is 0.0365. The van der Waals surface area contributed by atoms with Gasteiger partial charge in [0.25, 0.3) is 23.6 Å². The Morgan fingerprint density at radius 1 is 0.432 bits per heavy atom. The summed E-state index contributed by atoms with van der Waals surface area (Å²) in [5, 5.41) is 1.26. The van der Waals surface area contributed by atoms with Crippen molar-refractivity contribution in [2.24, 2.45) is 0 Å². The monoisotopic (exact) mass is 986 g/mol. The quantitative estimate of drug-likeness (QED) is 0.0763. The van der Waals surface area contributed by atoms with E-state index in [2.05, 4.69) is 0 Å². The smallest absolute Gasteiger partial charge is 0.339 e. The lowest BCUT2D eigenvalue weighted by Crippen LogP contribution is -2.30. The molecule has 0 saturated carbocycles. The van der Waals surface area contributed by atoms with Gasteiger partial charge in [-0.2, -0.15) is 0 Å². The van der Waals surface area contributed by atoms with E-state index in [-0.39, 0.29) is 57.0 Å². The number of esters is 2. The second-order valence-electron chi connectivity index (χ2n) is 19.7. The van der Waals surface area contributed by atoms with E-state index in [0.717, 1.165) is 32.1 Å². The number of carbonyl (C=O) groups is 6. The van der Waals surface area contributed by atoms with Crippen molar-refractivity contribution in [3.05, 3.63) is 178 Å². The zero-order valence-corrected chi connectivity index (χ0v) is 42.4. The molecule has 74 heavy (non-hydrogen) atoms. The summed E-state index contributed by atoms with van der Waals surface area (Å²) in [5.41, 5.74) is 5.85. The molecule has 0 saturated heterocycles. The minimum absolute atomic E-state index is 0.0156. The molecule has 6 aromatic rings. The van der Waals surface area contributed by atoms with E-state index < -0.39 is 47.8 Å². The highest BCUT2D eigenvalue weighted by Crippen LogP contribution is 2.46. The molecule has 0 radical (unpaired) electrons. The van der Waals surface area contributed by atoms with E-state index in [9.17, 15) is 19.2 Å². The van der Waals surface area contributed by atoms with Gasteiger partial charge in [0.15, 0.2) is 0 Å². The minimum Gasteiger partial charge on any atom is -0.490 e. The highest BCUT2D eigenvalue weighted by molar-refractivity contribution is 6.39. The van der Waals surface area contributed by atoms with Crippen molar-refractivity contribution in [3.63, 3.8) is 0 Å². The van der Waals surface area contributed by atoms with Gasteiger partial charge in [0, 0.05) is 23.3 Å². The summed E-state index contributed by atoms with van der Waals surface area (Å²) in [6, 6.07) is 27.8. The van der Waals surface area contributed by atoms with Crippen LogP contribution in [-0.4, -0.2) is 60.0 Å². The average molecular weight is 987 g/mol. The van der Waals surface area contributed by atoms with E-state index in [1.807, 2.05) is 101 Å². The molecule has 0 atom stereocenters. The molecule has 2 aliphatic heterocycles. The highest BCUT2D eigenvalue weighted by atomic mass is 16.5. The van der Waals surface area contributed by atoms with E-state index in [4.69, 9.17) is 18.9 Å². The number of ether oxygens (including phenoxy) is 4. The molecule has 12 heteroatoms. The fourth-order valence-electron chi connectivity index (χ4n) is 10.1. The van der Waals surface area contributed by atoms with Crippen molar-refractivity contribution in [3.8, 4) is 33.8 Å². The van der Waals surface area contributed by atoms with Crippen LogP contribution in [0.2, 0.25) is 0 Å². The number of anilines is 2. The minimum atomic E-state index is -0.753. The maximum atomic E-state index is 15.1. The summed E-state index contributed by atoms with van der Waals surface area (Å²) in [7, 11) is 0. The van der Waals surface area contributed by atoms with E-state index >= 15 is 9.59 Å². The number of allylic oxidation sites excluding steroid dienone is 8. The first-order chi connectivity index (χ1) is 35.5. The van der Waals surface area contributed by atoms with Gasteiger partial charge in [-0.1, -0.05) is 85.0 Å². The molecule has 0 unspecified atom stereocenters. The molecule has 4 amide bonds. The Bertz CT molecular complexity index is 3320. The van der Waals surface area contributed by atoms with Crippen LogP contribution < -0.4 is 19.3 Å². The van der Waals surface area contributed by atoms with E-state index in [0.29, 0.717) is 57.4 Å². The van der Waals surface area contributed by atoms with Crippen molar-refractivity contribution in [2.45, 2.75) is 92.6 Å². The molecule has 10 rings (SSSR count).